The van der Waals surface area contributed by atoms with E-state index in [0.29, 0.717) is 0 Å². The molecule has 0 unspecified atom stereocenters. The van der Waals surface area contributed by atoms with Crippen LogP contribution in [0, 0.1) is 26.2 Å². The zero-order valence-electron chi connectivity index (χ0n) is 40.0. The van der Waals surface area contributed by atoms with Crippen LogP contribution in [-0.4, -0.2) is 0 Å². The van der Waals surface area contributed by atoms with Crippen LogP contribution in [0.5, 0.6) is 0 Å². The summed E-state index contributed by atoms with van der Waals surface area (Å²) in [6.45, 7) is 16.8. The van der Waals surface area contributed by atoms with E-state index in [1.54, 1.807) is 0 Å². The summed E-state index contributed by atoms with van der Waals surface area (Å²) in [5, 5.41) is 9.77. The van der Waals surface area contributed by atoms with Crippen LogP contribution in [0.15, 0.2) is 188 Å². The van der Waals surface area contributed by atoms with Crippen molar-refractivity contribution in [3.63, 3.8) is 0 Å². The molecule has 0 saturated carbocycles. The first-order valence-electron chi connectivity index (χ1n) is 23.9. The van der Waals surface area contributed by atoms with E-state index in [1.807, 2.05) is 27.7 Å². The van der Waals surface area contributed by atoms with E-state index >= 15 is 0 Å². The van der Waals surface area contributed by atoms with Crippen molar-refractivity contribution in [2.75, 3.05) is 0 Å². The van der Waals surface area contributed by atoms with Gasteiger partial charge in [0.1, 0.15) is 0 Å². The Balaban J connectivity index is 0.000000721. The molecule has 0 bridgehead atoms. The van der Waals surface area contributed by atoms with Gasteiger partial charge in [0, 0.05) is 11.1 Å². The average molecular weight is 847 g/mol. The predicted molar refractivity (Wildman–Crippen MR) is 292 cm³/mol. The van der Waals surface area contributed by atoms with Gasteiger partial charge in [-0.15, -0.1) is 6.42 Å². The second-order valence-corrected chi connectivity index (χ2v) is 16.2. The van der Waals surface area contributed by atoms with E-state index in [-0.39, 0.29) is 0 Å². The standard InChI is InChI=1S/C56H42.C5H12.2C2H6/c1-4-41(18-6-5-17-40-29-32-49(38(2)33-40)54-37-46-23-10-9-20-43(46)34-39(54)3)55-50-25-13-15-27-52(50)56(53-28-16-14-26-51(53)55)48-24-12-11-22-45(36-48)47-31-30-42-19-7-8-21-44(42)35-47;1-3-5-4-2;2*1-2/h1,5-11,13-16,18-37H,12,17H2,2-3H3;3-5H2,1-2H3;2*1-2H3/b6-5-,41-18+;;;. The Morgan fingerprint density at radius 3 is 1.75 bits per heavy atom. The molecule has 0 radical (unpaired) electrons. The third-order valence-corrected chi connectivity index (χ3v) is 11.9. The van der Waals surface area contributed by atoms with Crippen molar-refractivity contribution in [2.24, 2.45) is 0 Å². The van der Waals surface area contributed by atoms with Gasteiger partial charge >= 0.3 is 0 Å². The first-order valence-corrected chi connectivity index (χ1v) is 23.9. The third-order valence-electron chi connectivity index (χ3n) is 11.9. The lowest BCUT2D eigenvalue weighted by Crippen LogP contribution is -1.95. The van der Waals surface area contributed by atoms with Gasteiger partial charge in [0.2, 0.25) is 0 Å². The van der Waals surface area contributed by atoms with Gasteiger partial charge in [-0.3, -0.25) is 0 Å². The van der Waals surface area contributed by atoms with Crippen LogP contribution in [-0.2, 0) is 6.42 Å². The Kier molecular flexibility index (Phi) is 17.3. The average Bonchev–Trinajstić information content (AvgIpc) is 3.61. The first-order chi connectivity index (χ1) is 32.0. The summed E-state index contributed by atoms with van der Waals surface area (Å²) in [6, 6.07) is 52.8. The molecule has 8 aromatic carbocycles. The number of benzene rings is 8. The van der Waals surface area contributed by atoms with Crippen LogP contribution in [0.3, 0.4) is 0 Å². The summed E-state index contributed by atoms with van der Waals surface area (Å²) in [7, 11) is 0. The van der Waals surface area contributed by atoms with E-state index in [1.165, 1.54) is 102 Å². The minimum absolute atomic E-state index is 0.820. The molecule has 0 heterocycles. The number of hydrogen-bond acceptors (Lipinski definition) is 0. The van der Waals surface area contributed by atoms with E-state index in [9.17, 15) is 0 Å². The fourth-order valence-corrected chi connectivity index (χ4v) is 8.84. The zero-order valence-corrected chi connectivity index (χ0v) is 40.0. The van der Waals surface area contributed by atoms with Gasteiger partial charge in [0.15, 0.2) is 0 Å². The molecule has 65 heavy (non-hydrogen) atoms. The monoisotopic (exact) mass is 847 g/mol. The van der Waals surface area contributed by atoms with Crippen molar-refractivity contribution in [2.45, 2.75) is 87.5 Å². The van der Waals surface area contributed by atoms with Crippen LogP contribution < -0.4 is 0 Å². The Morgan fingerprint density at radius 1 is 0.585 bits per heavy atom. The van der Waals surface area contributed by atoms with E-state index in [2.05, 4.69) is 222 Å². The normalized spacial score (nSPS) is 12.3. The molecule has 0 N–H and O–H groups in total. The zero-order chi connectivity index (χ0) is 46.1. The third kappa shape index (κ3) is 11.1. The molecule has 0 aromatic heterocycles. The lowest BCUT2D eigenvalue weighted by Gasteiger charge is -2.18. The molecule has 9 rings (SSSR count). The van der Waals surface area contributed by atoms with Gasteiger partial charge in [-0.1, -0.05) is 231 Å². The molecule has 1 aliphatic carbocycles. The summed E-state index contributed by atoms with van der Waals surface area (Å²) in [4.78, 5) is 0. The number of fused-ring (bicyclic) bond motifs is 4. The highest BCUT2D eigenvalue weighted by molar-refractivity contribution is 6.18. The first kappa shape index (κ1) is 47.5. The minimum Gasteiger partial charge on any atom is -0.115 e. The maximum atomic E-state index is 6.36. The Bertz CT molecular complexity index is 3030. The molecule has 0 saturated heterocycles. The summed E-state index contributed by atoms with van der Waals surface area (Å²) in [5.74, 6) is 3.08. The van der Waals surface area contributed by atoms with Crippen LogP contribution in [0.2, 0.25) is 0 Å². The molecule has 1 aliphatic rings. The van der Waals surface area contributed by atoms with Gasteiger partial charge in [-0.25, -0.2) is 0 Å². The van der Waals surface area contributed by atoms with E-state index < -0.39 is 0 Å². The quantitative estimate of drug-likeness (QED) is 0.0771. The molecule has 0 amide bonds. The highest BCUT2D eigenvalue weighted by Gasteiger charge is 2.18. The molecule has 326 valence electrons. The van der Waals surface area contributed by atoms with Crippen molar-refractivity contribution in [3.8, 4) is 23.5 Å². The Morgan fingerprint density at radius 2 is 1.15 bits per heavy atom. The van der Waals surface area contributed by atoms with Crippen LogP contribution in [0.1, 0.15) is 101 Å². The van der Waals surface area contributed by atoms with E-state index in [4.69, 9.17) is 6.42 Å². The number of rotatable bonds is 9. The molecule has 0 atom stereocenters. The van der Waals surface area contributed by atoms with Crippen molar-refractivity contribution in [1.82, 2.24) is 0 Å². The highest BCUT2D eigenvalue weighted by atomic mass is 14.2. The summed E-state index contributed by atoms with van der Waals surface area (Å²) >= 11 is 0. The molecule has 0 spiro atoms. The fraction of sp³-hybridized carbons (Fsp3) is 0.200. The second kappa shape index (κ2) is 23.7. The number of hydrogen-bond donors (Lipinski definition) is 0. The molecule has 0 heteroatoms. The smallest absolute Gasteiger partial charge is 0.0327 e. The van der Waals surface area contributed by atoms with Gasteiger partial charge in [0.05, 0.1) is 0 Å². The van der Waals surface area contributed by atoms with Gasteiger partial charge in [-0.05, 0) is 144 Å². The number of terminal acetylenes is 1. The fourth-order valence-electron chi connectivity index (χ4n) is 8.84. The summed E-state index contributed by atoms with van der Waals surface area (Å²) < 4.78 is 0. The predicted octanol–water partition coefficient (Wildman–Crippen LogP) is 19.1. The minimum atomic E-state index is 0.820. The van der Waals surface area contributed by atoms with Gasteiger partial charge in [-0.2, -0.15) is 0 Å². The topological polar surface area (TPSA) is 0 Å². The van der Waals surface area contributed by atoms with Crippen LogP contribution in [0.25, 0.3) is 70.9 Å². The molecule has 0 aliphatic heterocycles. The maximum absolute atomic E-state index is 6.36. The number of allylic oxidation sites excluding steroid dienone is 10. The van der Waals surface area contributed by atoms with Crippen LogP contribution >= 0.6 is 0 Å². The summed E-state index contributed by atoms with van der Waals surface area (Å²) in [5.41, 5.74) is 13.3. The SMILES string of the molecule is C#C/C(=C\C=C/Cc1ccc(-c2cc3ccccc3cc2C)c(C)c1)c1c2ccccc2c(C2=CCC=CC(c3ccc4ccccc4c3)=C2)c2ccccc12.CC.CC.CCCCC. The Labute approximate surface area is 390 Å². The van der Waals surface area contributed by atoms with Gasteiger partial charge < -0.3 is 0 Å². The second-order valence-electron chi connectivity index (χ2n) is 16.2. The number of unbranched alkanes of at least 4 members (excludes halogenated alkanes) is 2. The van der Waals surface area contributed by atoms with E-state index in [0.717, 1.165) is 34.8 Å². The van der Waals surface area contributed by atoms with Crippen molar-refractivity contribution >= 4 is 59.8 Å². The molecular weight excluding hydrogens is 781 g/mol. The maximum Gasteiger partial charge on any atom is 0.0327 e. The number of aryl methyl sites for hydroxylation is 2. The van der Waals surface area contributed by atoms with Crippen molar-refractivity contribution < 1.29 is 0 Å². The Hall–Kier alpha value is -6.94. The molecule has 0 nitrogen and oxygen atoms in total. The van der Waals surface area contributed by atoms with Crippen molar-refractivity contribution in [1.29, 1.82) is 0 Å². The van der Waals surface area contributed by atoms with Crippen molar-refractivity contribution in [3.05, 3.63) is 222 Å². The highest BCUT2D eigenvalue weighted by Crippen LogP contribution is 2.42. The molecule has 0 fully saturated rings. The lowest BCUT2D eigenvalue weighted by atomic mass is 9.85. The molecule has 8 aromatic rings. The molecular formula is C65H66. The van der Waals surface area contributed by atoms with Crippen LogP contribution in [0.4, 0.5) is 0 Å². The largest absolute Gasteiger partial charge is 0.115 e. The van der Waals surface area contributed by atoms with Gasteiger partial charge in [0.25, 0.3) is 0 Å². The summed E-state index contributed by atoms with van der Waals surface area (Å²) in [6.07, 6.45) is 27.8. The lowest BCUT2D eigenvalue weighted by molar-refractivity contribution is 0.772.